The average molecular weight is 351 g/mol. The molecule has 2 aromatic rings. The van der Waals surface area contributed by atoms with Crippen LogP contribution in [0.15, 0.2) is 24.3 Å². The minimum Gasteiger partial charge on any atom is -0.451 e. The SMILES string of the molecule is C[C@]1(NC(=O)COC(=O)c2n[nH]c3ccccc23)CCS(=O)(=O)C1. The van der Waals surface area contributed by atoms with Gasteiger partial charge in [0.15, 0.2) is 22.1 Å². The number of carbonyl (C=O) groups excluding carboxylic acids is 2. The molecule has 1 aliphatic rings. The fourth-order valence-electron chi connectivity index (χ4n) is 2.80. The number of para-hydroxylation sites is 1. The number of nitrogens with one attached hydrogen (secondary N) is 2. The van der Waals surface area contributed by atoms with Crippen LogP contribution >= 0.6 is 0 Å². The highest BCUT2D eigenvalue weighted by Crippen LogP contribution is 2.22. The quantitative estimate of drug-likeness (QED) is 0.771. The molecule has 0 radical (unpaired) electrons. The van der Waals surface area contributed by atoms with Gasteiger partial charge in [-0.3, -0.25) is 9.89 Å². The number of nitrogens with zero attached hydrogens (tertiary/aromatic N) is 1. The molecule has 128 valence electrons. The van der Waals surface area contributed by atoms with E-state index >= 15 is 0 Å². The van der Waals surface area contributed by atoms with E-state index < -0.39 is 33.9 Å². The molecular weight excluding hydrogens is 334 g/mol. The molecule has 0 bridgehead atoms. The van der Waals surface area contributed by atoms with Crippen LogP contribution in [0.1, 0.15) is 23.8 Å². The number of amides is 1. The number of aromatic amines is 1. The van der Waals surface area contributed by atoms with E-state index in [1.807, 2.05) is 0 Å². The predicted molar refractivity (Wildman–Crippen MR) is 86.2 cm³/mol. The molecule has 1 aromatic carbocycles. The number of esters is 1. The number of carbonyl (C=O) groups is 2. The second kappa shape index (κ2) is 5.90. The highest BCUT2D eigenvalue weighted by atomic mass is 32.2. The molecule has 0 spiro atoms. The summed E-state index contributed by atoms with van der Waals surface area (Å²) in [6, 6.07) is 7.06. The highest BCUT2D eigenvalue weighted by molar-refractivity contribution is 7.91. The van der Waals surface area contributed by atoms with Gasteiger partial charge < -0.3 is 10.1 Å². The molecule has 1 atom stereocenters. The first-order valence-electron chi connectivity index (χ1n) is 7.40. The molecular formula is C15H17N3O5S. The lowest BCUT2D eigenvalue weighted by atomic mass is 10.0. The van der Waals surface area contributed by atoms with Crippen LogP contribution in [0.5, 0.6) is 0 Å². The topological polar surface area (TPSA) is 118 Å². The summed E-state index contributed by atoms with van der Waals surface area (Å²) in [5, 5.41) is 9.84. The standard InChI is InChI=1S/C15H17N3O5S/c1-15(6-7-24(21,22)9-15)16-12(19)8-23-14(20)13-10-4-2-3-5-11(10)17-18-13/h2-5H,6-9H2,1H3,(H,16,19)(H,17,18)/t15-/m0/s1. The lowest BCUT2D eigenvalue weighted by Gasteiger charge is -2.23. The van der Waals surface area contributed by atoms with Crippen LogP contribution in [-0.2, 0) is 19.4 Å². The normalized spacial score (nSPS) is 22.4. The van der Waals surface area contributed by atoms with Crippen molar-refractivity contribution in [3.63, 3.8) is 0 Å². The Bertz CT molecular complexity index is 905. The number of hydrogen-bond acceptors (Lipinski definition) is 6. The number of rotatable bonds is 4. The smallest absolute Gasteiger partial charge is 0.359 e. The van der Waals surface area contributed by atoms with Gasteiger partial charge in [0.05, 0.1) is 22.6 Å². The number of aromatic nitrogens is 2. The Morgan fingerprint density at radius 1 is 1.38 bits per heavy atom. The lowest BCUT2D eigenvalue weighted by Crippen LogP contribution is -2.48. The summed E-state index contributed by atoms with van der Waals surface area (Å²) in [5.41, 5.74) is -0.0212. The van der Waals surface area contributed by atoms with Gasteiger partial charge in [0.1, 0.15) is 0 Å². The maximum atomic E-state index is 12.1. The summed E-state index contributed by atoms with van der Waals surface area (Å²) in [7, 11) is -3.13. The van der Waals surface area contributed by atoms with Gasteiger partial charge in [-0.05, 0) is 19.4 Å². The maximum Gasteiger partial charge on any atom is 0.359 e. The maximum absolute atomic E-state index is 12.1. The summed E-state index contributed by atoms with van der Waals surface area (Å²) in [5.74, 6) is -1.32. The first-order chi connectivity index (χ1) is 11.3. The zero-order chi connectivity index (χ0) is 17.4. The first-order valence-corrected chi connectivity index (χ1v) is 9.22. The van der Waals surface area contributed by atoms with Gasteiger partial charge in [-0.1, -0.05) is 18.2 Å². The fourth-order valence-corrected chi connectivity index (χ4v) is 4.89. The molecule has 1 amide bonds. The van der Waals surface area contributed by atoms with Crippen molar-refractivity contribution in [2.45, 2.75) is 18.9 Å². The first kappa shape index (κ1) is 16.4. The van der Waals surface area contributed by atoms with Gasteiger partial charge in [-0.25, -0.2) is 13.2 Å². The lowest BCUT2D eigenvalue weighted by molar-refractivity contribution is -0.125. The van der Waals surface area contributed by atoms with Gasteiger partial charge in [0.25, 0.3) is 5.91 Å². The molecule has 0 unspecified atom stereocenters. The van der Waals surface area contributed by atoms with Crippen LogP contribution in [0.4, 0.5) is 0 Å². The van der Waals surface area contributed by atoms with E-state index in [0.717, 1.165) is 0 Å². The molecule has 1 fully saturated rings. The summed E-state index contributed by atoms with van der Waals surface area (Å²) in [4.78, 5) is 24.0. The number of H-pyrrole nitrogens is 1. The Hall–Kier alpha value is -2.42. The largest absolute Gasteiger partial charge is 0.451 e. The molecule has 1 saturated heterocycles. The van der Waals surface area contributed by atoms with Crippen LogP contribution in [0, 0.1) is 0 Å². The van der Waals surface area contributed by atoms with E-state index in [1.165, 1.54) is 0 Å². The third-order valence-electron chi connectivity index (χ3n) is 3.94. The number of ether oxygens (including phenoxy) is 1. The van der Waals surface area contributed by atoms with Crippen molar-refractivity contribution in [1.29, 1.82) is 0 Å². The summed E-state index contributed by atoms with van der Waals surface area (Å²) < 4.78 is 28.0. The highest BCUT2D eigenvalue weighted by Gasteiger charge is 2.39. The minimum absolute atomic E-state index is 0.0445. The average Bonchev–Trinajstić information content (AvgIpc) is 3.05. The Labute approximate surface area is 138 Å². The number of sulfone groups is 1. The third-order valence-corrected chi connectivity index (χ3v) is 5.85. The van der Waals surface area contributed by atoms with Gasteiger partial charge in [0.2, 0.25) is 0 Å². The zero-order valence-electron chi connectivity index (χ0n) is 13.0. The van der Waals surface area contributed by atoms with Crippen LogP contribution in [0.3, 0.4) is 0 Å². The fraction of sp³-hybridized carbons (Fsp3) is 0.400. The van der Waals surface area contributed by atoms with Crippen molar-refractivity contribution in [2.75, 3.05) is 18.1 Å². The molecule has 3 rings (SSSR count). The van der Waals surface area contributed by atoms with E-state index in [-0.39, 0.29) is 17.2 Å². The monoisotopic (exact) mass is 351 g/mol. The number of fused-ring (bicyclic) bond motifs is 1. The number of benzene rings is 1. The Balaban J connectivity index is 1.59. The van der Waals surface area contributed by atoms with Crippen molar-refractivity contribution in [1.82, 2.24) is 15.5 Å². The van der Waals surface area contributed by atoms with E-state index in [9.17, 15) is 18.0 Å². The molecule has 24 heavy (non-hydrogen) atoms. The molecule has 1 aliphatic heterocycles. The van der Waals surface area contributed by atoms with Crippen molar-refractivity contribution < 1.29 is 22.7 Å². The van der Waals surface area contributed by atoms with Crippen LogP contribution in [0.2, 0.25) is 0 Å². The van der Waals surface area contributed by atoms with Crippen LogP contribution in [0.25, 0.3) is 10.9 Å². The van der Waals surface area contributed by atoms with Crippen molar-refractivity contribution in [3.8, 4) is 0 Å². The second-order valence-corrected chi connectivity index (χ2v) is 8.33. The summed E-state index contributed by atoms with van der Waals surface area (Å²) >= 11 is 0. The molecule has 9 heteroatoms. The Morgan fingerprint density at radius 2 is 2.12 bits per heavy atom. The predicted octanol–water partition coefficient (Wildman–Crippen LogP) is 0.413. The van der Waals surface area contributed by atoms with Gasteiger partial charge >= 0.3 is 5.97 Å². The molecule has 8 nitrogen and oxygen atoms in total. The molecule has 1 aromatic heterocycles. The van der Waals surface area contributed by atoms with E-state index in [4.69, 9.17) is 4.74 Å². The molecule has 2 heterocycles. The van der Waals surface area contributed by atoms with Crippen molar-refractivity contribution >= 4 is 32.6 Å². The zero-order valence-corrected chi connectivity index (χ0v) is 13.9. The van der Waals surface area contributed by atoms with Gasteiger partial charge in [0, 0.05) is 5.39 Å². The van der Waals surface area contributed by atoms with E-state index in [2.05, 4.69) is 15.5 Å². The molecule has 0 aliphatic carbocycles. The third kappa shape index (κ3) is 3.40. The minimum atomic E-state index is -3.13. The van der Waals surface area contributed by atoms with E-state index in [0.29, 0.717) is 17.3 Å². The summed E-state index contributed by atoms with van der Waals surface area (Å²) in [6.45, 7) is 1.17. The second-order valence-electron chi connectivity index (χ2n) is 6.14. The number of hydrogen-bond donors (Lipinski definition) is 2. The van der Waals surface area contributed by atoms with E-state index in [1.54, 1.807) is 31.2 Å². The Kier molecular flexibility index (Phi) is 4.04. The van der Waals surface area contributed by atoms with Crippen LogP contribution in [-0.4, -0.2) is 54.1 Å². The Morgan fingerprint density at radius 3 is 2.83 bits per heavy atom. The van der Waals surface area contributed by atoms with Crippen molar-refractivity contribution in [2.24, 2.45) is 0 Å². The summed E-state index contributed by atoms with van der Waals surface area (Å²) in [6.07, 6.45) is 0.346. The van der Waals surface area contributed by atoms with Crippen molar-refractivity contribution in [3.05, 3.63) is 30.0 Å². The van der Waals surface area contributed by atoms with Gasteiger partial charge in [-0.2, -0.15) is 5.10 Å². The molecule has 0 saturated carbocycles. The van der Waals surface area contributed by atoms with Crippen LogP contribution < -0.4 is 5.32 Å². The van der Waals surface area contributed by atoms with Gasteiger partial charge in [-0.15, -0.1) is 0 Å². The molecule has 2 N–H and O–H groups in total.